The molecule has 0 N–H and O–H groups in total. The summed E-state index contributed by atoms with van der Waals surface area (Å²) in [6.07, 6.45) is 19.9. The Morgan fingerprint density at radius 3 is 1.62 bits per heavy atom. The van der Waals surface area contributed by atoms with E-state index in [1.807, 2.05) is 0 Å². The Kier molecular flexibility index (Phi) is 12.8. The molecular formula is C26H46. The highest BCUT2D eigenvalue weighted by molar-refractivity contribution is 5.16. The van der Waals surface area contributed by atoms with Gasteiger partial charge >= 0.3 is 0 Å². The van der Waals surface area contributed by atoms with E-state index in [2.05, 4.69) is 58.0 Å². The molecule has 0 aliphatic rings. The van der Waals surface area contributed by atoms with Gasteiger partial charge in [-0.3, -0.25) is 0 Å². The summed E-state index contributed by atoms with van der Waals surface area (Å²) >= 11 is 0. The van der Waals surface area contributed by atoms with Crippen molar-refractivity contribution in [3.05, 3.63) is 35.9 Å². The van der Waals surface area contributed by atoms with Gasteiger partial charge in [0.1, 0.15) is 0 Å². The first-order valence-electron chi connectivity index (χ1n) is 11.6. The zero-order valence-electron chi connectivity index (χ0n) is 18.4. The van der Waals surface area contributed by atoms with E-state index >= 15 is 0 Å². The predicted octanol–water partition coefficient (Wildman–Crippen LogP) is 8.98. The molecule has 0 saturated heterocycles. The predicted molar refractivity (Wildman–Crippen MR) is 119 cm³/mol. The highest BCUT2D eigenvalue weighted by Crippen LogP contribution is 2.36. The summed E-state index contributed by atoms with van der Waals surface area (Å²) in [5.41, 5.74) is 1.95. The maximum atomic E-state index is 2.50. The zero-order valence-corrected chi connectivity index (χ0v) is 18.4. The summed E-state index contributed by atoms with van der Waals surface area (Å²) in [5, 5.41) is 0. The Hall–Kier alpha value is -0.780. The van der Waals surface area contributed by atoms with Crippen LogP contribution in [0.4, 0.5) is 0 Å². The van der Waals surface area contributed by atoms with Crippen LogP contribution in [0, 0.1) is 11.3 Å². The third kappa shape index (κ3) is 10.4. The van der Waals surface area contributed by atoms with Crippen LogP contribution in [-0.2, 0) is 6.42 Å². The van der Waals surface area contributed by atoms with Crippen LogP contribution < -0.4 is 0 Å². The Morgan fingerprint density at radius 2 is 1.15 bits per heavy atom. The normalized spacial score (nSPS) is 13.9. The minimum absolute atomic E-state index is 0.444. The SMILES string of the molecule is CCCCCCCCCCCCCCC(C)(Cc1ccccc1)C(C)C. The minimum atomic E-state index is 0.444. The Balaban J connectivity index is 2.09. The molecule has 0 radical (unpaired) electrons. The second-order valence-electron chi connectivity index (χ2n) is 9.11. The Bertz CT molecular complexity index is 419. The van der Waals surface area contributed by atoms with Crippen molar-refractivity contribution in [2.24, 2.45) is 11.3 Å². The Labute approximate surface area is 165 Å². The molecule has 0 nitrogen and oxygen atoms in total. The van der Waals surface area contributed by atoms with Gasteiger partial charge < -0.3 is 0 Å². The summed E-state index contributed by atoms with van der Waals surface area (Å²) in [6.45, 7) is 9.61. The van der Waals surface area contributed by atoms with Gasteiger partial charge in [0.2, 0.25) is 0 Å². The van der Waals surface area contributed by atoms with Gasteiger partial charge in [-0.05, 0) is 29.7 Å². The fourth-order valence-corrected chi connectivity index (χ4v) is 4.01. The van der Waals surface area contributed by atoms with E-state index in [1.54, 1.807) is 0 Å². The van der Waals surface area contributed by atoms with Crippen LogP contribution in [0.15, 0.2) is 30.3 Å². The minimum Gasteiger partial charge on any atom is -0.0654 e. The van der Waals surface area contributed by atoms with Crippen LogP contribution in [0.1, 0.15) is 117 Å². The van der Waals surface area contributed by atoms with Crippen LogP contribution in [0.25, 0.3) is 0 Å². The lowest BCUT2D eigenvalue weighted by Crippen LogP contribution is -2.26. The molecule has 1 aromatic carbocycles. The monoisotopic (exact) mass is 358 g/mol. The Morgan fingerprint density at radius 1 is 0.692 bits per heavy atom. The van der Waals surface area contributed by atoms with Crippen molar-refractivity contribution in [3.8, 4) is 0 Å². The van der Waals surface area contributed by atoms with E-state index in [1.165, 1.54) is 95.5 Å². The molecular weight excluding hydrogens is 312 g/mol. The van der Waals surface area contributed by atoms with Crippen molar-refractivity contribution in [2.45, 2.75) is 118 Å². The first kappa shape index (κ1) is 23.3. The number of unbranched alkanes of at least 4 members (excludes halogenated alkanes) is 11. The molecule has 26 heavy (non-hydrogen) atoms. The van der Waals surface area contributed by atoms with Crippen molar-refractivity contribution in [2.75, 3.05) is 0 Å². The maximum absolute atomic E-state index is 2.50. The molecule has 0 heteroatoms. The molecule has 1 aromatic rings. The van der Waals surface area contributed by atoms with Crippen molar-refractivity contribution in [1.82, 2.24) is 0 Å². The smallest absolute Gasteiger partial charge is 0.0222 e. The van der Waals surface area contributed by atoms with Crippen LogP contribution >= 0.6 is 0 Å². The number of hydrogen-bond acceptors (Lipinski definition) is 0. The highest BCUT2D eigenvalue weighted by Gasteiger charge is 2.27. The van der Waals surface area contributed by atoms with E-state index in [4.69, 9.17) is 0 Å². The van der Waals surface area contributed by atoms with E-state index < -0.39 is 0 Å². The highest BCUT2D eigenvalue weighted by atomic mass is 14.3. The summed E-state index contributed by atoms with van der Waals surface area (Å²) in [4.78, 5) is 0. The second kappa shape index (κ2) is 14.3. The lowest BCUT2D eigenvalue weighted by molar-refractivity contribution is 0.190. The van der Waals surface area contributed by atoms with Gasteiger partial charge in [-0.2, -0.15) is 0 Å². The van der Waals surface area contributed by atoms with Crippen LogP contribution in [0.5, 0.6) is 0 Å². The van der Waals surface area contributed by atoms with Crippen molar-refractivity contribution < 1.29 is 0 Å². The fourth-order valence-electron chi connectivity index (χ4n) is 4.01. The summed E-state index contributed by atoms with van der Waals surface area (Å²) in [5.74, 6) is 0.746. The van der Waals surface area contributed by atoms with E-state index in [-0.39, 0.29) is 0 Å². The molecule has 0 heterocycles. The van der Waals surface area contributed by atoms with Gasteiger partial charge in [0.05, 0.1) is 0 Å². The number of benzene rings is 1. The van der Waals surface area contributed by atoms with Crippen molar-refractivity contribution >= 4 is 0 Å². The molecule has 0 fully saturated rings. The average Bonchev–Trinajstić information content (AvgIpc) is 2.63. The third-order valence-electron chi connectivity index (χ3n) is 6.45. The topological polar surface area (TPSA) is 0 Å². The molecule has 0 aromatic heterocycles. The van der Waals surface area contributed by atoms with E-state index in [9.17, 15) is 0 Å². The van der Waals surface area contributed by atoms with Gasteiger partial charge in [-0.25, -0.2) is 0 Å². The molecule has 0 spiro atoms. The third-order valence-corrected chi connectivity index (χ3v) is 6.45. The molecule has 150 valence electrons. The summed E-state index contributed by atoms with van der Waals surface area (Å²) in [6, 6.07) is 11.1. The number of hydrogen-bond donors (Lipinski definition) is 0. The van der Waals surface area contributed by atoms with Gasteiger partial charge in [-0.15, -0.1) is 0 Å². The molecule has 0 amide bonds. The second-order valence-corrected chi connectivity index (χ2v) is 9.11. The van der Waals surface area contributed by atoms with Gasteiger partial charge in [0.15, 0.2) is 0 Å². The first-order valence-corrected chi connectivity index (χ1v) is 11.6. The van der Waals surface area contributed by atoms with E-state index in [0.717, 1.165) is 5.92 Å². The molecule has 1 atom stereocenters. The lowest BCUT2D eigenvalue weighted by atomic mass is 9.71. The van der Waals surface area contributed by atoms with Crippen LogP contribution in [-0.4, -0.2) is 0 Å². The molecule has 1 rings (SSSR count). The average molecular weight is 359 g/mol. The molecule has 0 saturated carbocycles. The van der Waals surface area contributed by atoms with Crippen molar-refractivity contribution in [3.63, 3.8) is 0 Å². The van der Waals surface area contributed by atoms with Gasteiger partial charge in [0, 0.05) is 0 Å². The van der Waals surface area contributed by atoms with Gasteiger partial charge in [-0.1, -0.05) is 135 Å². The molecule has 0 bridgehead atoms. The molecule has 0 aliphatic heterocycles. The first-order chi connectivity index (χ1) is 12.6. The molecule has 0 aliphatic carbocycles. The fraction of sp³-hybridized carbons (Fsp3) is 0.769. The van der Waals surface area contributed by atoms with Crippen LogP contribution in [0.2, 0.25) is 0 Å². The maximum Gasteiger partial charge on any atom is -0.0222 e. The lowest BCUT2D eigenvalue weighted by Gasteiger charge is -2.34. The molecule has 1 unspecified atom stereocenters. The quantitative estimate of drug-likeness (QED) is 0.259. The number of rotatable bonds is 16. The van der Waals surface area contributed by atoms with Gasteiger partial charge in [0.25, 0.3) is 0 Å². The summed E-state index contributed by atoms with van der Waals surface area (Å²) in [7, 11) is 0. The standard InChI is InChI=1S/C26H46/c1-5-6-7-8-9-10-11-12-13-14-15-19-22-26(4,24(2)3)23-25-20-17-16-18-21-25/h16-18,20-21,24H,5-15,19,22-23H2,1-4H3. The zero-order chi connectivity index (χ0) is 19.1. The largest absolute Gasteiger partial charge is 0.0654 e. The van der Waals surface area contributed by atoms with E-state index in [0.29, 0.717) is 5.41 Å². The summed E-state index contributed by atoms with van der Waals surface area (Å²) < 4.78 is 0. The van der Waals surface area contributed by atoms with Crippen molar-refractivity contribution in [1.29, 1.82) is 0 Å². The van der Waals surface area contributed by atoms with Crippen LogP contribution in [0.3, 0.4) is 0 Å².